The van der Waals surface area contributed by atoms with Gasteiger partial charge in [-0.2, -0.15) is 0 Å². The number of fused-ring (bicyclic) bond motifs is 1. The molecule has 0 aliphatic carbocycles. The smallest absolute Gasteiger partial charge is 0.279 e. The number of carbonyl (C=O) groups is 1. The van der Waals surface area contributed by atoms with Gasteiger partial charge in [0.05, 0.1) is 11.4 Å². The lowest BCUT2D eigenvalue weighted by Gasteiger charge is -2.25. The van der Waals surface area contributed by atoms with Crippen LogP contribution in [0.3, 0.4) is 0 Å². The fourth-order valence-corrected chi connectivity index (χ4v) is 4.52. The summed E-state index contributed by atoms with van der Waals surface area (Å²) in [6, 6.07) is 13.3. The first-order valence-electron chi connectivity index (χ1n) is 9.01. The number of benzene rings is 2. The molecule has 6 nitrogen and oxygen atoms in total. The molecule has 0 radical (unpaired) electrons. The van der Waals surface area contributed by atoms with Crippen LogP contribution in [0.1, 0.15) is 16.7 Å². The number of nitrogens with one attached hydrogen (secondary N) is 2. The third-order valence-corrected chi connectivity index (χ3v) is 6.90. The van der Waals surface area contributed by atoms with Crippen LogP contribution in [0.25, 0.3) is 0 Å². The largest absolute Gasteiger partial charge is 0.323 e. The van der Waals surface area contributed by atoms with Gasteiger partial charge in [-0.3, -0.25) is 4.79 Å². The van der Waals surface area contributed by atoms with Crippen molar-refractivity contribution in [2.45, 2.75) is 24.8 Å². The molecule has 1 unspecified atom stereocenters. The number of quaternary nitrogens is 1. The molecule has 2 N–H and O–H groups in total. The Morgan fingerprint density at radius 1 is 1.15 bits per heavy atom. The number of sulfonamides is 1. The van der Waals surface area contributed by atoms with E-state index in [4.69, 9.17) is 0 Å². The quantitative estimate of drug-likeness (QED) is 0.797. The Morgan fingerprint density at radius 3 is 2.56 bits per heavy atom. The molecule has 1 amide bonds. The molecule has 0 fully saturated rings. The average molecular weight is 389 g/mol. The van der Waals surface area contributed by atoms with Gasteiger partial charge in [-0.25, -0.2) is 12.7 Å². The van der Waals surface area contributed by atoms with E-state index in [0.29, 0.717) is 17.8 Å². The lowest BCUT2D eigenvalue weighted by atomic mass is 10.00. The number of hydrogen-bond donors (Lipinski definition) is 2. The zero-order chi connectivity index (χ0) is 19.6. The van der Waals surface area contributed by atoms with Crippen molar-refractivity contribution < 1.29 is 18.1 Å². The first kappa shape index (κ1) is 19.5. The minimum Gasteiger partial charge on any atom is -0.323 e. The summed E-state index contributed by atoms with van der Waals surface area (Å²) in [7, 11) is -0.554. The number of hydrogen-bond acceptors (Lipinski definition) is 3. The predicted molar refractivity (Wildman–Crippen MR) is 105 cm³/mol. The number of anilines is 1. The summed E-state index contributed by atoms with van der Waals surface area (Å²) in [5, 5.41) is 2.85. The molecule has 7 heteroatoms. The highest BCUT2D eigenvalue weighted by Gasteiger charge is 2.23. The van der Waals surface area contributed by atoms with Gasteiger partial charge in [0.25, 0.3) is 5.91 Å². The van der Waals surface area contributed by atoms with Crippen molar-refractivity contribution in [3.8, 4) is 0 Å². The fourth-order valence-electron chi connectivity index (χ4n) is 3.38. The van der Waals surface area contributed by atoms with E-state index in [1.54, 1.807) is 19.1 Å². The molecular weight excluding hydrogens is 362 g/mol. The minimum absolute atomic E-state index is 0.110. The molecule has 2 aromatic rings. The Morgan fingerprint density at radius 2 is 1.85 bits per heavy atom. The van der Waals surface area contributed by atoms with Crippen LogP contribution in [0.2, 0.25) is 0 Å². The summed E-state index contributed by atoms with van der Waals surface area (Å²) in [5.74, 6) is -0.110. The molecule has 0 aromatic heterocycles. The third kappa shape index (κ3) is 4.37. The predicted octanol–water partition coefficient (Wildman–Crippen LogP) is 0.825. The average Bonchev–Trinajstić information content (AvgIpc) is 2.63. The standard InChI is InChI=1S/C20H25N3O3S/c1-15-8-9-18(12-19(15)27(25,26)22(2)3)21-20(24)14-23-11-10-16-6-4-5-7-17(16)13-23/h4-9,12H,10-11,13-14H2,1-3H3,(H,21,24)/p+1. The van der Waals surface area contributed by atoms with Gasteiger partial charge in [0.15, 0.2) is 6.54 Å². The monoisotopic (exact) mass is 388 g/mol. The van der Waals surface area contributed by atoms with Crippen molar-refractivity contribution >= 4 is 21.6 Å². The molecule has 3 rings (SSSR count). The molecule has 0 bridgehead atoms. The second-order valence-electron chi connectivity index (χ2n) is 7.19. The van der Waals surface area contributed by atoms with Crippen LogP contribution in [-0.4, -0.2) is 45.8 Å². The minimum atomic E-state index is -3.55. The molecule has 144 valence electrons. The normalized spacial score (nSPS) is 16.8. The summed E-state index contributed by atoms with van der Waals surface area (Å²) in [5.41, 5.74) is 3.81. The Labute approximate surface area is 160 Å². The summed E-state index contributed by atoms with van der Waals surface area (Å²) in [6.07, 6.45) is 0.967. The van der Waals surface area contributed by atoms with Gasteiger partial charge in [-0.15, -0.1) is 0 Å². The first-order chi connectivity index (χ1) is 12.8. The maximum Gasteiger partial charge on any atom is 0.279 e. The molecule has 27 heavy (non-hydrogen) atoms. The lowest BCUT2D eigenvalue weighted by Crippen LogP contribution is -3.12. The second-order valence-corrected chi connectivity index (χ2v) is 9.31. The van der Waals surface area contributed by atoms with Crippen molar-refractivity contribution in [1.29, 1.82) is 0 Å². The Hall–Kier alpha value is -2.22. The van der Waals surface area contributed by atoms with E-state index >= 15 is 0 Å². The van der Waals surface area contributed by atoms with Crippen LogP contribution in [0.4, 0.5) is 5.69 Å². The van der Waals surface area contributed by atoms with Crippen molar-refractivity contribution in [2.24, 2.45) is 0 Å². The van der Waals surface area contributed by atoms with E-state index in [9.17, 15) is 13.2 Å². The van der Waals surface area contributed by atoms with E-state index in [-0.39, 0.29) is 10.8 Å². The van der Waals surface area contributed by atoms with Crippen molar-refractivity contribution in [3.63, 3.8) is 0 Å². The third-order valence-electron chi connectivity index (χ3n) is 4.95. The zero-order valence-corrected chi connectivity index (χ0v) is 16.8. The lowest BCUT2D eigenvalue weighted by molar-refractivity contribution is -0.907. The molecule has 0 saturated carbocycles. The Balaban J connectivity index is 1.68. The topological polar surface area (TPSA) is 70.9 Å². The van der Waals surface area contributed by atoms with Crippen molar-refractivity contribution in [1.82, 2.24) is 4.31 Å². The molecule has 1 heterocycles. The summed E-state index contributed by atoms with van der Waals surface area (Å²) in [6.45, 7) is 3.85. The second kappa shape index (κ2) is 7.80. The first-order valence-corrected chi connectivity index (χ1v) is 10.4. The maximum absolute atomic E-state index is 12.5. The van der Waals surface area contributed by atoms with Gasteiger partial charge in [0.1, 0.15) is 6.54 Å². The summed E-state index contributed by atoms with van der Waals surface area (Å²) < 4.78 is 26.0. The van der Waals surface area contributed by atoms with Crippen LogP contribution >= 0.6 is 0 Å². The van der Waals surface area contributed by atoms with Gasteiger partial charge in [0.2, 0.25) is 10.0 Å². The summed E-state index contributed by atoms with van der Waals surface area (Å²) >= 11 is 0. The highest BCUT2D eigenvalue weighted by molar-refractivity contribution is 7.89. The molecule has 1 aliphatic rings. The fraction of sp³-hybridized carbons (Fsp3) is 0.350. The number of aryl methyl sites for hydroxylation is 1. The van der Waals surface area contributed by atoms with E-state index < -0.39 is 10.0 Å². The zero-order valence-electron chi connectivity index (χ0n) is 16.0. The van der Waals surface area contributed by atoms with E-state index in [0.717, 1.165) is 19.5 Å². The molecular formula is C20H26N3O3S+. The highest BCUT2D eigenvalue weighted by atomic mass is 32.2. The molecule has 1 aliphatic heterocycles. The van der Waals surface area contributed by atoms with Crippen LogP contribution in [0.5, 0.6) is 0 Å². The Kier molecular flexibility index (Phi) is 5.64. The number of nitrogens with zero attached hydrogens (tertiary/aromatic N) is 1. The van der Waals surface area contributed by atoms with E-state index in [1.165, 1.54) is 40.5 Å². The van der Waals surface area contributed by atoms with Crippen LogP contribution < -0.4 is 10.2 Å². The SMILES string of the molecule is Cc1ccc(NC(=O)C[NH+]2CCc3ccccc3C2)cc1S(=O)(=O)N(C)C. The van der Waals surface area contributed by atoms with Crippen LogP contribution in [-0.2, 0) is 27.8 Å². The Bertz CT molecular complexity index is 955. The molecule has 0 saturated heterocycles. The van der Waals surface area contributed by atoms with E-state index in [1.807, 2.05) is 12.1 Å². The maximum atomic E-state index is 12.5. The van der Waals surface area contributed by atoms with E-state index in [2.05, 4.69) is 17.4 Å². The van der Waals surface area contributed by atoms with Gasteiger partial charge in [-0.05, 0) is 30.2 Å². The number of amides is 1. The van der Waals surface area contributed by atoms with Crippen LogP contribution in [0.15, 0.2) is 47.4 Å². The van der Waals surface area contributed by atoms with Crippen molar-refractivity contribution in [2.75, 3.05) is 32.5 Å². The van der Waals surface area contributed by atoms with Gasteiger partial charge >= 0.3 is 0 Å². The molecule has 0 spiro atoms. The van der Waals surface area contributed by atoms with Crippen LogP contribution in [0, 0.1) is 6.92 Å². The summed E-state index contributed by atoms with van der Waals surface area (Å²) in [4.78, 5) is 13.9. The van der Waals surface area contributed by atoms with Crippen molar-refractivity contribution in [3.05, 3.63) is 59.2 Å². The number of carbonyl (C=O) groups excluding carboxylic acids is 1. The number of rotatable bonds is 5. The molecule has 1 atom stereocenters. The van der Waals surface area contributed by atoms with Gasteiger partial charge < -0.3 is 10.2 Å². The van der Waals surface area contributed by atoms with Gasteiger partial charge in [-0.1, -0.05) is 30.3 Å². The highest BCUT2D eigenvalue weighted by Crippen LogP contribution is 2.22. The van der Waals surface area contributed by atoms with Gasteiger partial charge in [0, 0.05) is 31.8 Å². The molecule has 2 aromatic carbocycles.